The van der Waals surface area contributed by atoms with Gasteiger partial charge in [-0.2, -0.15) is 0 Å². The number of rotatable bonds is 6. The fourth-order valence-corrected chi connectivity index (χ4v) is 3.05. The van der Waals surface area contributed by atoms with Gasteiger partial charge in [-0.3, -0.25) is 14.8 Å². The highest BCUT2D eigenvalue weighted by atomic mass is 16.2. The zero-order valence-electron chi connectivity index (χ0n) is 17.3. The minimum atomic E-state index is -0.0905. The third-order valence-corrected chi connectivity index (χ3v) is 4.74. The molecule has 0 aliphatic rings. The van der Waals surface area contributed by atoms with Crippen LogP contribution >= 0.6 is 0 Å². The van der Waals surface area contributed by atoms with Crippen molar-refractivity contribution < 1.29 is 4.79 Å². The smallest absolute Gasteiger partial charge is 0.272 e. The SMILES string of the molecule is Cc1nccc(-c2ccc(C(=O)N(C)CCN(C)C)nc2)c1-c1ccc(N)nc1. The minimum Gasteiger partial charge on any atom is -0.384 e. The third-order valence-electron chi connectivity index (χ3n) is 4.74. The Morgan fingerprint density at radius 3 is 2.28 bits per heavy atom. The van der Waals surface area contributed by atoms with Crippen LogP contribution in [0.15, 0.2) is 48.9 Å². The van der Waals surface area contributed by atoms with Crippen molar-refractivity contribution >= 4 is 11.7 Å². The molecule has 3 heterocycles. The maximum Gasteiger partial charge on any atom is 0.272 e. The first kappa shape index (κ1) is 20.4. The van der Waals surface area contributed by atoms with E-state index in [1.165, 1.54) is 0 Å². The number of amides is 1. The summed E-state index contributed by atoms with van der Waals surface area (Å²) in [5.41, 5.74) is 10.8. The van der Waals surface area contributed by atoms with E-state index in [2.05, 4.69) is 15.0 Å². The molecule has 3 aromatic heterocycles. The highest BCUT2D eigenvalue weighted by molar-refractivity contribution is 5.93. The van der Waals surface area contributed by atoms with Crippen molar-refractivity contribution in [3.8, 4) is 22.3 Å². The lowest BCUT2D eigenvalue weighted by Crippen LogP contribution is -2.33. The molecule has 0 aliphatic heterocycles. The van der Waals surface area contributed by atoms with Crippen LogP contribution in [0.5, 0.6) is 0 Å². The van der Waals surface area contributed by atoms with E-state index < -0.39 is 0 Å². The lowest BCUT2D eigenvalue weighted by Gasteiger charge is -2.19. The molecule has 0 bridgehead atoms. The van der Waals surface area contributed by atoms with Crippen molar-refractivity contribution in [2.75, 3.05) is 40.0 Å². The second-order valence-corrected chi connectivity index (χ2v) is 7.25. The second kappa shape index (κ2) is 8.79. The normalized spacial score (nSPS) is 10.9. The van der Waals surface area contributed by atoms with Crippen molar-refractivity contribution in [2.45, 2.75) is 6.92 Å². The van der Waals surface area contributed by atoms with Gasteiger partial charge in [-0.1, -0.05) is 6.07 Å². The number of carbonyl (C=O) groups is 1. The second-order valence-electron chi connectivity index (χ2n) is 7.25. The summed E-state index contributed by atoms with van der Waals surface area (Å²) in [5.74, 6) is 0.382. The quantitative estimate of drug-likeness (QED) is 0.696. The van der Waals surface area contributed by atoms with Gasteiger partial charge in [0.2, 0.25) is 0 Å². The topological polar surface area (TPSA) is 88.2 Å². The van der Waals surface area contributed by atoms with Gasteiger partial charge in [0.05, 0.1) is 0 Å². The Kier molecular flexibility index (Phi) is 6.19. The van der Waals surface area contributed by atoms with Crippen molar-refractivity contribution in [3.05, 3.63) is 60.3 Å². The van der Waals surface area contributed by atoms with E-state index in [1.807, 2.05) is 44.1 Å². The molecule has 3 rings (SSSR count). The lowest BCUT2D eigenvalue weighted by molar-refractivity contribution is 0.0780. The monoisotopic (exact) mass is 390 g/mol. The largest absolute Gasteiger partial charge is 0.384 e. The first-order valence-electron chi connectivity index (χ1n) is 9.41. The molecule has 7 nitrogen and oxygen atoms in total. The van der Waals surface area contributed by atoms with Crippen LogP contribution in [-0.4, -0.2) is 64.9 Å². The predicted molar refractivity (Wildman–Crippen MR) is 115 cm³/mol. The Morgan fingerprint density at radius 1 is 0.931 bits per heavy atom. The molecule has 0 spiro atoms. The van der Waals surface area contributed by atoms with Gasteiger partial charge in [-0.05, 0) is 50.8 Å². The zero-order valence-corrected chi connectivity index (χ0v) is 17.3. The number of nitrogens with zero attached hydrogens (tertiary/aromatic N) is 5. The van der Waals surface area contributed by atoms with Gasteiger partial charge in [-0.15, -0.1) is 0 Å². The predicted octanol–water partition coefficient (Wildman–Crippen LogP) is 2.73. The molecule has 0 atom stereocenters. The number of nitrogens with two attached hydrogens (primary N) is 1. The van der Waals surface area contributed by atoms with E-state index in [0.29, 0.717) is 18.1 Å². The van der Waals surface area contributed by atoms with Crippen LogP contribution in [0.3, 0.4) is 0 Å². The summed E-state index contributed by atoms with van der Waals surface area (Å²) in [6.07, 6.45) is 5.25. The fourth-order valence-electron chi connectivity index (χ4n) is 3.05. The highest BCUT2D eigenvalue weighted by Gasteiger charge is 2.15. The Hall–Kier alpha value is -3.32. The average molecular weight is 390 g/mol. The van der Waals surface area contributed by atoms with Crippen LogP contribution in [0, 0.1) is 6.92 Å². The van der Waals surface area contributed by atoms with E-state index >= 15 is 0 Å². The van der Waals surface area contributed by atoms with Gasteiger partial charge in [0.1, 0.15) is 11.5 Å². The molecule has 3 aromatic rings. The summed E-state index contributed by atoms with van der Waals surface area (Å²) in [6, 6.07) is 9.34. The van der Waals surface area contributed by atoms with E-state index in [0.717, 1.165) is 34.5 Å². The number of hydrogen-bond acceptors (Lipinski definition) is 6. The Bertz CT molecular complexity index is 983. The van der Waals surface area contributed by atoms with Gasteiger partial charge in [0, 0.05) is 61.1 Å². The molecule has 0 saturated carbocycles. The molecular weight excluding hydrogens is 364 g/mol. The van der Waals surface area contributed by atoms with Gasteiger partial charge >= 0.3 is 0 Å². The van der Waals surface area contributed by atoms with Gasteiger partial charge in [0.25, 0.3) is 5.91 Å². The molecule has 1 amide bonds. The van der Waals surface area contributed by atoms with E-state index in [9.17, 15) is 4.79 Å². The molecule has 0 aliphatic carbocycles. The van der Waals surface area contributed by atoms with Crippen LogP contribution in [0.25, 0.3) is 22.3 Å². The molecule has 0 radical (unpaired) electrons. The van der Waals surface area contributed by atoms with Crippen LogP contribution in [0.4, 0.5) is 5.82 Å². The Balaban J connectivity index is 1.90. The minimum absolute atomic E-state index is 0.0905. The van der Waals surface area contributed by atoms with Crippen molar-refractivity contribution in [3.63, 3.8) is 0 Å². The van der Waals surface area contributed by atoms with Gasteiger partial charge < -0.3 is 15.5 Å². The summed E-state index contributed by atoms with van der Waals surface area (Å²) < 4.78 is 0. The summed E-state index contributed by atoms with van der Waals surface area (Å²) in [5, 5.41) is 0. The molecule has 29 heavy (non-hydrogen) atoms. The molecule has 0 fully saturated rings. The summed E-state index contributed by atoms with van der Waals surface area (Å²) >= 11 is 0. The summed E-state index contributed by atoms with van der Waals surface area (Å²) in [4.78, 5) is 29.4. The number of pyridine rings is 3. The Labute approximate surface area is 171 Å². The number of hydrogen-bond donors (Lipinski definition) is 1. The lowest BCUT2D eigenvalue weighted by atomic mass is 9.95. The maximum atomic E-state index is 12.6. The van der Waals surface area contributed by atoms with Crippen molar-refractivity contribution in [1.82, 2.24) is 24.8 Å². The summed E-state index contributed by atoms with van der Waals surface area (Å²) in [7, 11) is 5.76. The van der Waals surface area contributed by atoms with Crippen molar-refractivity contribution in [2.24, 2.45) is 0 Å². The number of anilines is 1. The maximum absolute atomic E-state index is 12.6. The average Bonchev–Trinajstić information content (AvgIpc) is 2.72. The highest BCUT2D eigenvalue weighted by Crippen LogP contribution is 2.33. The first-order chi connectivity index (χ1) is 13.9. The molecule has 0 aromatic carbocycles. The van der Waals surface area contributed by atoms with E-state index in [-0.39, 0.29) is 5.91 Å². The first-order valence-corrected chi connectivity index (χ1v) is 9.41. The zero-order chi connectivity index (χ0) is 21.0. The molecule has 2 N–H and O–H groups in total. The number of aryl methyl sites for hydroxylation is 1. The summed E-state index contributed by atoms with van der Waals surface area (Å²) in [6.45, 7) is 3.41. The standard InChI is InChI=1S/C22H26N6O/c1-15-21(17-6-8-20(23)26-14-17)18(9-10-24-15)16-5-7-19(25-13-16)22(29)28(4)12-11-27(2)3/h5-10,13-14H,11-12H2,1-4H3,(H2,23,26). The number of likely N-dealkylation sites (N-methyl/N-ethyl adjacent to an activating group) is 2. The molecule has 7 heteroatoms. The molecule has 150 valence electrons. The van der Waals surface area contributed by atoms with Crippen molar-refractivity contribution in [1.29, 1.82) is 0 Å². The third kappa shape index (κ3) is 4.75. The van der Waals surface area contributed by atoms with Crippen LogP contribution in [0.2, 0.25) is 0 Å². The van der Waals surface area contributed by atoms with Crippen LogP contribution in [0.1, 0.15) is 16.2 Å². The number of carbonyl (C=O) groups excluding carboxylic acids is 1. The fraction of sp³-hybridized carbons (Fsp3) is 0.273. The molecule has 0 unspecified atom stereocenters. The molecule has 0 saturated heterocycles. The van der Waals surface area contributed by atoms with E-state index in [1.54, 1.807) is 42.7 Å². The molecular formula is C22H26N6O. The van der Waals surface area contributed by atoms with Crippen LogP contribution < -0.4 is 5.73 Å². The van der Waals surface area contributed by atoms with Crippen LogP contribution in [-0.2, 0) is 0 Å². The van der Waals surface area contributed by atoms with E-state index in [4.69, 9.17) is 5.73 Å². The van der Waals surface area contributed by atoms with Gasteiger partial charge in [0.15, 0.2) is 0 Å². The van der Waals surface area contributed by atoms with Gasteiger partial charge in [-0.25, -0.2) is 4.98 Å². The number of aromatic nitrogens is 3. The Morgan fingerprint density at radius 2 is 1.66 bits per heavy atom. The number of nitrogen functional groups attached to an aromatic ring is 1.